The van der Waals surface area contributed by atoms with Gasteiger partial charge in [0.1, 0.15) is 6.33 Å². The number of nitrogens with zero attached hydrogens (tertiary/aromatic N) is 4. The third kappa shape index (κ3) is 4.24. The second-order valence-corrected chi connectivity index (χ2v) is 7.67. The number of allylic oxidation sites excluding steroid dienone is 2. The number of aryl methyl sites for hydroxylation is 2. The number of thioether (sulfide) groups is 1. The van der Waals surface area contributed by atoms with Gasteiger partial charge < -0.3 is 9.13 Å². The highest BCUT2D eigenvalue weighted by atomic mass is 32.2. The Bertz CT molecular complexity index is 787. The van der Waals surface area contributed by atoms with Gasteiger partial charge in [0, 0.05) is 30.5 Å². The molecule has 0 unspecified atom stereocenters. The number of aromatic nitrogens is 4. The van der Waals surface area contributed by atoms with Gasteiger partial charge in [-0.3, -0.25) is 4.79 Å². The van der Waals surface area contributed by atoms with Gasteiger partial charge in [-0.05, 0) is 52.0 Å². The van der Waals surface area contributed by atoms with Crippen molar-refractivity contribution >= 4 is 17.5 Å². The third-order valence-corrected chi connectivity index (χ3v) is 5.95. The molecule has 0 radical (unpaired) electrons. The van der Waals surface area contributed by atoms with E-state index in [0.717, 1.165) is 29.4 Å². The lowest BCUT2D eigenvalue weighted by Crippen LogP contribution is -2.08. The smallest absolute Gasteiger partial charge is 0.191 e. The lowest BCUT2D eigenvalue weighted by atomic mass is 9.97. The molecule has 0 aromatic carbocycles. The van der Waals surface area contributed by atoms with Crippen LogP contribution in [-0.2, 0) is 13.6 Å². The highest BCUT2D eigenvalue weighted by Gasteiger charge is 2.17. The van der Waals surface area contributed by atoms with Crippen molar-refractivity contribution in [2.45, 2.75) is 57.7 Å². The molecule has 0 bridgehead atoms. The molecule has 1 aliphatic carbocycles. The molecule has 6 heteroatoms. The molecule has 25 heavy (non-hydrogen) atoms. The first-order valence-corrected chi connectivity index (χ1v) is 9.89. The van der Waals surface area contributed by atoms with Crippen LogP contribution in [0, 0.1) is 13.8 Å². The number of ketones is 1. The average Bonchev–Trinajstić information content (AvgIpc) is 3.15. The maximum Gasteiger partial charge on any atom is 0.191 e. The van der Waals surface area contributed by atoms with E-state index in [0.29, 0.717) is 5.75 Å². The Balaban J connectivity index is 1.65. The van der Waals surface area contributed by atoms with E-state index < -0.39 is 0 Å². The molecule has 2 aromatic heterocycles. The number of hydrogen-bond acceptors (Lipinski definition) is 4. The molecule has 5 nitrogen and oxygen atoms in total. The summed E-state index contributed by atoms with van der Waals surface area (Å²) in [6, 6.07) is 2.03. The van der Waals surface area contributed by atoms with Gasteiger partial charge in [0.2, 0.25) is 0 Å². The first-order valence-electron chi connectivity index (χ1n) is 8.91. The number of carbonyl (C=O) groups is 1. The number of hydrogen-bond donors (Lipinski definition) is 0. The monoisotopic (exact) mass is 358 g/mol. The summed E-state index contributed by atoms with van der Waals surface area (Å²) in [6.45, 7) is 5.12. The molecule has 2 heterocycles. The molecule has 0 atom stereocenters. The van der Waals surface area contributed by atoms with E-state index in [9.17, 15) is 4.79 Å². The zero-order valence-electron chi connectivity index (χ0n) is 15.3. The molecule has 2 aromatic rings. The van der Waals surface area contributed by atoms with Crippen LogP contribution in [0.1, 0.15) is 53.8 Å². The fourth-order valence-corrected chi connectivity index (χ4v) is 4.20. The van der Waals surface area contributed by atoms with E-state index >= 15 is 0 Å². The lowest BCUT2D eigenvalue weighted by molar-refractivity contribution is 0.102. The van der Waals surface area contributed by atoms with Gasteiger partial charge in [-0.15, -0.1) is 10.2 Å². The van der Waals surface area contributed by atoms with E-state index in [1.54, 1.807) is 11.9 Å². The molecular weight excluding hydrogens is 332 g/mol. The Hall–Kier alpha value is -1.82. The number of rotatable bonds is 7. The zero-order chi connectivity index (χ0) is 17.8. The quantitative estimate of drug-likeness (QED) is 0.425. The summed E-state index contributed by atoms with van der Waals surface area (Å²) >= 11 is 1.44. The lowest BCUT2D eigenvalue weighted by Gasteiger charge is -2.15. The minimum atomic E-state index is 0.157. The number of Topliss-reactive ketones (excluding diaryl/α,β-unsaturated/α-hetero) is 1. The Morgan fingerprint density at radius 1 is 1.32 bits per heavy atom. The fraction of sp³-hybridized carbons (Fsp3) is 0.526. The maximum atomic E-state index is 12.6. The van der Waals surface area contributed by atoms with E-state index in [4.69, 9.17) is 0 Å². The highest BCUT2D eigenvalue weighted by molar-refractivity contribution is 7.99. The predicted molar refractivity (Wildman–Crippen MR) is 101 cm³/mol. The molecule has 0 N–H and O–H groups in total. The van der Waals surface area contributed by atoms with Crippen molar-refractivity contribution in [2.75, 3.05) is 5.75 Å². The number of carbonyl (C=O) groups excluding carboxylic acids is 1. The largest absolute Gasteiger partial charge is 0.348 e. The van der Waals surface area contributed by atoms with Crippen LogP contribution in [0.2, 0.25) is 0 Å². The van der Waals surface area contributed by atoms with E-state index in [1.165, 1.54) is 43.1 Å². The molecule has 0 amide bonds. The summed E-state index contributed by atoms with van der Waals surface area (Å²) < 4.78 is 4.12. The standard InChI is InChI=1S/C19H26N4OS/c1-14-11-17(18(24)12-25-19-21-20-13-22(19)3)15(2)23(14)10-9-16-7-5-4-6-8-16/h7,11,13H,4-6,8-10,12H2,1-3H3. The third-order valence-electron chi connectivity index (χ3n) is 4.92. The molecule has 3 rings (SSSR count). The first-order chi connectivity index (χ1) is 12.1. The van der Waals surface area contributed by atoms with Crippen LogP contribution in [0.15, 0.2) is 29.2 Å². The van der Waals surface area contributed by atoms with E-state index in [2.05, 4.69) is 34.7 Å². The van der Waals surface area contributed by atoms with Gasteiger partial charge in [-0.25, -0.2) is 0 Å². The summed E-state index contributed by atoms with van der Waals surface area (Å²) in [4.78, 5) is 12.6. The second kappa shape index (κ2) is 8.04. The van der Waals surface area contributed by atoms with Crippen molar-refractivity contribution in [3.05, 3.63) is 41.0 Å². The molecule has 134 valence electrons. The van der Waals surface area contributed by atoms with Gasteiger partial charge in [0.05, 0.1) is 5.75 Å². The summed E-state index contributed by atoms with van der Waals surface area (Å²) in [5.74, 6) is 0.548. The van der Waals surface area contributed by atoms with E-state index in [1.807, 2.05) is 17.7 Å². The van der Waals surface area contributed by atoms with Gasteiger partial charge in [-0.2, -0.15) is 0 Å². The van der Waals surface area contributed by atoms with Crippen molar-refractivity contribution in [3.63, 3.8) is 0 Å². The zero-order valence-corrected chi connectivity index (χ0v) is 16.1. The van der Waals surface area contributed by atoms with Gasteiger partial charge in [0.15, 0.2) is 10.9 Å². The van der Waals surface area contributed by atoms with Gasteiger partial charge in [0.25, 0.3) is 0 Å². The van der Waals surface area contributed by atoms with Crippen molar-refractivity contribution < 1.29 is 4.79 Å². The van der Waals surface area contributed by atoms with Crippen LogP contribution in [-0.4, -0.2) is 30.9 Å². The summed E-state index contributed by atoms with van der Waals surface area (Å²) in [6.07, 6.45) is 10.3. The maximum absolute atomic E-state index is 12.6. The molecular formula is C19H26N4OS. The fourth-order valence-electron chi connectivity index (χ4n) is 3.43. The highest BCUT2D eigenvalue weighted by Crippen LogP contribution is 2.24. The Labute approximate surface area is 153 Å². The molecule has 0 aliphatic heterocycles. The summed E-state index contributed by atoms with van der Waals surface area (Å²) in [5.41, 5.74) is 4.66. The normalized spacial score (nSPS) is 14.6. The topological polar surface area (TPSA) is 52.7 Å². The Kier molecular flexibility index (Phi) is 5.78. The van der Waals surface area contributed by atoms with Crippen LogP contribution in [0.3, 0.4) is 0 Å². The minimum Gasteiger partial charge on any atom is -0.348 e. The summed E-state index contributed by atoms with van der Waals surface area (Å²) in [5, 5.41) is 8.64. The molecule has 1 aliphatic rings. The van der Waals surface area contributed by atoms with Crippen LogP contribution < -0.4 is 0 Å². The van der Waals surface area contributed by atoms with Crippen LogP contribution >= 0.6 is 11.8 Å². The Morgan fingerprint density at radius 2 is 2.16 bits per heavy atom. The molecule has 0 spiro atoms. The predicted octanol–water partition coefficient (Wildman–Crippen LogP) is 4.10. The molecule has 0 saturated carbocycles. The second-order valence-electron chi connectivity index (χ2n) is 6.73. The van der Waals surface area contributed by atoms with Crippen molar-refractivity contribution in [3.8, 4) is 0 Å². The van der Waals surface area contributed by atoms with Crippen LogP contribution in [0.25, 0.3) is 0 Å². The molecule has 0 saturated heterocycles. The molecule has 0 fully saturated rings. The van der Waals surface area contributed by atoms with Crippen LogP contribution in [0.5, 0.6) is 0 Å². The van der Waals surface area contributed by atoms with Crippen molar-refractivity contribution in [1.29, 1.82) is 0 Å². The van der Waals surface area contributed by atoms with Crippen molar-refractivity contribution in [2.24, 2.45) is 7.05 Å². The van der Waals surface area contributed by atoms with E-state index in [-0.39, 0.29) is 5.78 Å². The van der Waals surface area contributed by atoms with Gasteiger partial charge >= 0.3 is 0 Å². The average molecular weight is 359 g/mol. The minimum absolute atomic E-state index is 0.157. The first kappa shape index (κ1) is 18.0. The van der Waals surface area contributed by atoms with Crippen molar-refractivity contribution in [1.82, 2.24) is 19.3 Å². The summed E-state index contributed by atoms with van der Waals surface area (Å²) in [7, 11) is 1.89. The Morgan fingerprint density at radius 3 is 2.84 bits per heavy atom. The van der Waals surface area contributed by atoms with Crippen LogP contribution in [0.4, 0.5) is 0 Å². The SMILES string of the molecule is Cc1cc(C(=O)CSc2nncn2C)c(C)n1CCC1=CCCCC1. The van der Waals surface area contributed by atoms with Gasteiger partial charge in [-0.1, -0.05) is 23.4 Å².